The van der Waals surface area contributed by atoms with Crippen molar-refractivity contribution in [2.75, 3.05) is 6.54 Å². The van der Waals surface area contributed by atoms with Crippen molar-refractivity contribution in [3.8, 4) is 0 Å². The minimum absolute atomic E-state index is 0.158. The summed E-state index contributed by atoms with van der Waals surface area (Å²) in [5.41, 5.74) is 3.33. The second-order valence-corrected chi connectivity index (χ2v) is 7.06. The van der Waals surface area contributed by atoms with Crippen molar-refractivity contribution < 1.29 is 9.59 Å². The van der Waals surface area contributed by atoms with E-state index in [0.717, 1.165) is 28.8 Å². The summed E-state index contributed by atoms with van der Waals surface area (Å²) in [6, 6.07) is 12.4. The van der Waals surface area contributed by atoms with Crippen LogP contribution in [0, 0.1) is 0 Å². The van der Waals surface area contributed by atoms with E-state index >= 15 is 0 Å². The summed E-state index contributed by atoms with van der Waals surface area (Å²) in [7, 11) is 0. The summed E-state index contributed by atoms with van der Waals surface area (Å²) in [6.45, 7) is 0.519. The molecule has 2 aromatic carbocycles. The van der Waals surface area contributed by atoms with E-state index in [1.807, 2.05) is 36.4 Å². The number of carbonyl (C=O) groups excluding carboxylic acids is 2. The number of carbonyl (C=O) groups is 2. The largest absolute Gasteiger partial charge is 0.354 e. The van der Waals surface area contributed by atoms with Gasteiger partial charge in [-0.15, -0.1) is 0 Å². The van der Waals surface area contributed by atoms with E-state index in [4.69, 9.17) is 11.6 Å². The second kappa shape index (κ2) is 7.40. The molecule has 7 heteroatoms. The van der Waals surface area contributed by atoms with Crippen molar-refractivity contribution in [2.45, 2.75) is 25.3 Å². The van der Waals surface area contributed by atoms with Gasteiger partial charge in [0.25, 0.3) is 5.91 Å². The van der Waals surface area contributed by atoms with Crippen LogP contribution in [-0.4, -0.2) is 34.4 Å². The number of imidazole rings is 1. The van der Waals surface area contributed by atoms with Gasteiger partial charge in [-0.1, -0.05) is 29.8 Å². The normalized spacial score (nSPS) is 16.0. The summed E-state index contributed by atoms with van der Waals surface area (Å²) in [6.07, 6.45) is 1.97. The first-order chi connectivity index (χ1) is 13.1. The Kier molecular flexibility index (Phi) is 4.81. The van der Waals surface area contributed by atoms with Crippen LogP contribution in [0.4, 0.5) is 0 Å². The predicted molar refractivity (Wildman–Crippen MR) is 104 cm³/mol. The molecule has 1 aliphatic rings. The summed E-state index contributed by atoms with van der Waals surface area (Å²) >= 11 is 5.98. The van der Waals surface area contributed by atoms with E-state index in [1.165, 1.54) is 0 Å². The highest BCUT2D eigenvalue weighted by atomic mass is 35.5. The molecule has 3 N–H and O–H groups in total. The lowest BCUT2D eigenvalue weighted by Crippen LogP contribution is -2.51. The van der Waals surface area contributed by atoms with Gasteiger partial charge in [-0.05, 0) is 36.2 Å². The number of amides is 2. The molecule has 0 aliphatic carbocycles. The van der Waals surface area contributed by atoms with Crippen LogP contribution >= 0.6 is 11.6 Å². The van der Waals surface area contributed by atoms with Gasteiger partial charge in [0.2, 0.25) is 5.91 Å². The fraction of sp³-hybridized carbons (Fsp3) is 0.250. The number of benzene rings is 2. The Labute approximate surface area is 161 Å². The molecular weight excluding hydrogens is 364 g/mol. The van der Waals surface area contributed by atoms with Crippen LogP contribution in [0.15, 0.2) is 42.5 Å². The molecule has 0 fully saturated rings. The number of aromatic nitrogens is 2. The maximum atomic E-state index is 12.4. The molecule has 2 amide bonds. The Morgan fingerprint density at radius 1 is 1.26 bits per heavy atom. The zero-order valence-electron chi connectivity index (χ0n) is 14.6. The molecule has 6 nitrogen and oxygen atoms in total. The molecule has 1 atom stereocenters. The van der Waals surface area contributed by atoms with E-state index in [2.05, 4.69) is 20.6 Å². The molecule has 1 unspecified atom stereocenters. The summed E-state index contributed by atoms with van der Waals surface area (Å²) in [4.78, 5) is 32.2. The lowest BCUT2D eigenvalue weighted by Gasteiger charge is -2.24. The molecule has 1 aromatic heterocycles. The van der Waals surface area contributed by atoms with Gasteiger partial charge in [-0.25, -0.2) is 4.98 Å². The lowest BCUT2D eigenvalue weighted by molar-refractivity contribution is -0.123. The van der Waals surface area contributed by atoms with Crippen molar-refractivity contribution in [3.63, 3.8) is 0 Å². The van der Waals surface area contributed by atoms with E-state index in [9.17, 15) is 9.59 Å². The van der Waals surface area contributed by atoms with Crippen LogP contribution in [0.5, 0.6) is 0 Å². The first kappa shape index (κ1) is 17.5. The van der Waals surface area contributed by atoms with Crippen molar-refractivity contribution in [3.05, 3.63) is 64.4 Å². The molecule has 0 spiro atoms. The zero-order valence-corrected chi connectivity index (χ0v) is 15.3. The minimum Gasteiger partial charge on any atom is -0.354 e. The molecule has 3 aromatic rings. The molecule has 0 saturated heterocycles. The number of hydrogen-bond donors (Lipinski definition) is 3. The van der Waals surface area contributed by atoms with Gasteiger partial charge in [0, 0.05) is 30.0 Å². The Hall–Kier alpha value is -2.86. The van der Waals surface area contributed by atoms with Gasteiger partial charge in [-0.2, -0.15) is 0 Å². The number of fused-ring (bicyclic) bond motifs is 2. The third-order valence-corrected chi connectivity index (χ3v) is 4.93. The van der Waals surface area contributed by atoms with Crippen molar-refractivity contribution in [1.82, 2.24) is 20.6 Å². The van der Waals surface area contributed by atoms with Crippen molar-refractivity contribution in [2.24, 2.45) is 0 Å². The molecular formula is C20H19ClN4O2. The Morgan fingerprint density at radius 3 is 3.00 bits per heavy atom. The summed E-state index contributed by atoms with van der Waals surface area (Å²) < 4.78 is 0. The third kappa shape index (κ3) is 3.80. The SMILES string of the molecule is O=C1NC(C(=O)NCCCc2nc3ccc(Cl)cc3[nH]2)Cc2ccccc21. The first-order valence-corrected chi connectivity index (χ1v) is 9.28. The number of nitrogens with zero attached hydrogens (tertiary/aromatic N) is 1. The average molecular weight is 383 g/mol. The fourth-order valence-electron chi connectivity index (χ4n) is 3.33. The Balaban J connectivity index is 1.29. The number of hydrogen-bond acceptors (Lipinski definition) is 3. The lowest BCUT2D eigenvalue weighted by atomic mass is 9.95. The summed E-state index contributed by atoms with van der Waals surface area (Å²) in [5, 5.41) is 6.34. The monoisotopic (exact) mass is 382 g/mol. The highest BCUT2D eigenvalue weighted by Crippen LogP contribution is 2.18. The smallest absolute Gasteiger partial charge is 0.252 e. The van der Waals surface area contributed by atoms with E-state index < -0.39 is 6.04 Å². The quantitative estimate of drug-likeness (QED) is 0.593. The highest BCUT2D eigenvalue weighted by molar-refractivity contribution is 6.31. The molecule has 0 saturated carbocycles. The van der Waals surface area contributed by atoms with Crippen LogP contribution in [0.2, 0.25) is 5.02 Å². The number of H-pyrrole nitrogens is 1. The van der Waals surface area contributed by atoms with Crippen LogP contribution < -0.4 is 10.6 Å². The third-order valence-electron chi connectivity index (χ3n) is 4.69. The maximum absolute atomic E-state index is 12.4. The van der Waals surface area contributed by atoms with Gasteiger partial charge in [0.1, 0.15) is 11.9 Å². The number of aromatic amines is 1. The Bertz CT molecular complexity index is 1010. The van der Waals surface area contributed by atoms with E-state index in [1.54, 1.807) is 6.07 Å². The number of rotatable bonds is 5. The molecule has 27 heavy (non-hydrogen) atoms. The molecule has 0 bridgehead atoms. The fourth-order valence-corrected chi connectivity index (χ4v) is 3.50. The van der Waals surface area contributed by atoms with Crippen LogP contribution in [0.1, 0.15) is 28.2 Å². The van der Waals surface area contributed by atoms with E-state index in [0.29, 0.717) is 30.0 Å². The predicted octanol–water partition coefficient (Wildman–Crippen LogP) is 2.62. The molecule has 2 heterocycles. The minimum atomic E-state index is -0.527. The van der Waals surface area contributed by atoms with Crippen molar-refractivity contribution >= 4 is 34.4 Å². The molecule has 0 radical (unpaired) electrons. The van der Waals surface area contributed by atoms with Gasteiger partial charge >= 0.3 is 0 Å². The van der Waals surface area contributed by atoms with Gasteiger partial charge < -0.3 is 15.6 Å². The van der Waals surface area contributed by atoms with E-state index in [-0.39, 0.29) is 11.8 Å². The van der Waals surface area contributed by atoms with Gasteiger partial charge in [-0.3, -0.25) is 9.59 Å². The first-order valence-electron chi connectivity index (χ1n) is 8.91. The molecule has 4 rings (SSSR count). The highest BCUT2D eigenvalue weighted by Gasteiger charge is 2.28. The van der Waals surface area contributed by atoms with Crippen LogP contribution in [0.3, 0.4) is 0 Å². The number of aryl methyl sites for hydroxylation is 1. The maximum Gasteiger partial charge on any atom is 0.252 e. The zero-order chi connectivity index (χ0) is 18.8. The van der Waals surface area contributed by atoms with Crippen molar-refractivity contribution in [1.29, 1.82) is 0 Å². The standard InChI is InChI=1S/C20H19ClN4O2/c21-13-7-8-15-16(11-13)24-18(23-15)6-3-9-22-20(27)17-10-12-4-1-2-5-14(12)19(26)25-17/h1-2,4-5,7-8,11,17H,3,6,9-10H2,(H,22,27)(H,23,24)(H,25,26). The number of nitrogens with one attached hydrogen (secondary N) is 3. The molecule has 1 aliphatic heterocycles. The Morgan fingerprint density at radius 2 is 2.11 bits per heavy atom. The topological polar surface area (TPSA) is 86.9 Å². The summed E-state index contributed by atoms with van der Waals surface area (Å²) in [5.74, 6) is 0.508. The van der Waals surface area contributed by atoms with Gasteiger partial charge in [0.05, 0.1) is 11.0 Å². The number of halogens is 1. The van der Waals surface area contributed by atoms with Crippen LogP contribution in [-0.2, 0) is 17.6 Å². The van der Waals surface area contributed by atoms with Gasteiger partial charge in [0.15, 0.2) is 0 Å². The average Bonchev–Trinajstić information content (AvgIpc) is 3.07. The van der Waals surface area contributed by atoms with Crippen LogP contribution in [0.25, 0.3) is 11.0 Å². The second-order valence-electron chi connectivity index (χ2n) is 6.63. The molecule has 138 valence electrons.